The summed E-state index contributed by atoms with van der Waals surface area (Å²) in [5.74, 6) is -2.27. The Morgan fingerprint density at radius 3 is 1.68 bits per heavy atom. The maximum atomic E-state index is 9.55. The fourth-order valence-electron chi connectivity index (χ4n) is 4.80. The third-order valence-corrected chi connectivity index (χ3v) is 6.62. The predicted octanol–water partition coefficient (Wildman–Crippen LogP) is 9.87. The minimum atomic E-state index is -0.918. The quantitative estimate of drug-likeness (QED) is 0.205. The van der Waals surface area contributed by atoms with E-state index in [1.165, 1.54) is 0 Å². The van der Waals surface area contributed by atoms with Gasteiger partial charge in [-0.15, -0.1) is 0 Å². The molecular weight excluding hydrogens is 540 g/mol. The fraction of sp³-hybridized carbons (Fsp3) is 0. The molecule has 0 radical (unpaired) electrons. The first-order valence-electron chi connectivity index (χ1n) is 24.7. The molecule has 0 aliphatic heterocycles. The van der Waals surface area contributed by atoms with Crippen LogP contribution in [0.5, 0.6) is 0 Å². The highest BCUT2D eigenvalue weighted by atomic mass is 16.3. The highest BCUT2D eigenvalue weighted by Gasteiger charge is 2.19. The third-order valence-electron chi connectivity index (χ3n) is 6.62. The molecule has 9 rings (SSSR count). The van der Waals surface area contributed by atoms with Crippen molar-refractivity contribution >= 4 is 43.7 Å². The SMILES string of the molecule is [2H]c1c([2H])c([2H])c(-c2nc(-c3c([2H])c([2H])c([2H])c([2H])c3[2H])nc(-c3c([2H])c([2H])c([2H])c4oc5c([2H])c(-n6c7c([2H])c([2H])c([2H])c([2H])c7c7c([2H])c([2H])c([2H])c([2H])c76)c([2H])c([2H])c5c34)n2)c([2H])c1[2H]. The van der Waals surface area contributed by atoms with Crippen molar-refractivity contribution < 1.29 is 37.3 Å². The van der Waals surface area contributed by atoms with E-state index in [1.807, 2.05) is 0 Å². The lowest BCUT2D eigenvalue weighted by Crippen LogP contribution is -2.00. The van der Waals surface area contributed by atoms with Crippen LogP contribution < -0.4 is 0 Å². The van der Waals surface area contributed by atoms with Crippen molar-refractivity contribution in [2.45, 2.75) is 0 Å². The second-order valence-corrected chi connectivity index (χ2v) is 9.07. The van der Waals surface area contributed by atoms with E-state index < -0.39 is 229 Å². The van der Waals surface area contributed by atoms with E-state index in [0.29, 0.717) is 0 Å². The van der Waals surface area contributed by atoms with Gasteiger partial charge < -0.3 is 8.98 Å². The monoisotopic (exact) mass is 588 g/mol. The molecule has 0 amide bonds. The average Bonchev–Trinajstić information content (AvgIpc) is 3.88. The van der Waals surface area contributed by atoms with Gasteiger partial charge in [0.25, 0.3) is 0 Å². The van der Waals surface area contributed by atoms with Gasteiger partial charge in [0.15, 0.2) is 17.5 Å². The molecule has 6 aromatic carbocycles. The van der Waals surface area contributed by atoms with E-state index in [0.717, 1.165) is 4.57 Å². The number of nitrogens with zero attached hydrogens (tertiary/aromatic N) is 4. The molecule has 5 nitrogen and oxygen atoms in total. The maximum absolute atomic E-state index is 9.55. The largest absolute Gasteiger partial charge is 0.456 e. The van der Waals surface area contributed by atoms with E-state index in [-0.39, 0.29) is 0 Å². The number of fused-ring (bicyclic) bond motifs is 6. The van der Waals surface area contributed by atoms with Gasteiger partial charge in [0.1, 0.15) is 11.2 Å². The Morgan fingerprint density at radius 1 is 0.477 bits per heavy atom. The number of hydrogen-bond acceptors (Lipinski definition) is 4. The molecule has 0 spiro atoms. The lowest BCUT2D eigenvalue weighted by molar-refractivity contribution is 0.668. The van der Waals surface area contributed by atoms with E-state index in [2.05, 4.69) is 15.0 Å². The molecular formula is C39H24N4O. The second-order valence-electron chi connectivity index (χ2n) is 9.07. The summed E-state index contributed by atoms with van der Waals surface area (Å²) in [7, 11) is 0. The standard InChI is InChI=1S/C39H24N4O/c1-3-12-25(13-4-1)37-40-38(26-14-5-2-6-15-26)42-39(41-37)31-18-11-21-34-36(31)30-23-22-27(24-35(30)44-34)43-32-19-9-7-16-28(32)29-17-8-10-20-33(29)43/h1-24H/i1D,2D,3D,4D,5D,6D,7D,8D,9D,10D,11D,12D,13D,14D,15D,16D,17D,18D,19D,20D,21D,22D,23D,24D. The van der Waals surface area contributed by atoms with Crippen molar-refractivity contribution in [3.63, 3.8) is 0 Å². The van der Waals surface area contributed by atoms with Crippen LogP contribution >= 0.6 is 0 Å². The number of benzene rings is 6. The van der Waals surface area contributed by atoms with Crippen LogP contribution in [-0.2, 0) is 0 Å². The molecule has 0 unspecified atom stereocenters. The summed E-state index contributed by atoms with van der Waals surface area (Å²) in [5, 5.41) is -1.81. The van der Waals surface area contributed by atoms with E-state index in [4.69, 9.17) is 31.8 Å². The Labute approximate surface area is 286 Å². The molecule has 0 aliphatic rings. The first-order chi connectivity index (χ1) is 31.8. The summed E-state index contributed by atoms with van der Waals surface area (Å²) in [6, 6.07) is -19.8. The van der Waals surface area contributed by atoms with Crippen LogP contribution in [0.2, 0.25) is 0 Å². The molecule has 3 aromatic heterocycles. The topological polar surface area (TPSA) is 56.7 Å². The Balaban J connectivity index is 1.47. The molecule has 3 heterocycles. The zero-order chi connectivity index (χ0) is 49.9. The van der Waals surface area contributed by atoms with Crippen LogP contribution in [0, 0.1) is 0 Å². The molecule has 0 bridgehead atoms. The van der Waals surface area contributed by atoms with Crippen LogP contribution in [0.3, 0.4) is 0 Å². The van der Waals surface area contributed by atoms with Crippen LogP contribution in [-0.4, -0.2) is 19.5 Å². The van der Waals surface area contributed by atoms with Crippen LogP contribution in [0.4, 0.5) is 0 Å². The molecule has 0 saturated carbocycles. The zero-order valence-electron chi connectivity index (χ0n) is 45.7. The predicted molar refractivity (Wildman–Crippen MR) is 178 cm³/mol. The maximum Gasteiger partial charge on any atom is 0.164 e. The Morgan fingerprint density at radius 2 is 1.05 bits per heavy atom. The minimum absolute atomic E-state index is 0.402. The second kappa shape index (κ2) is 9.75. The zero-order valence-corrected chi connectivity index (χ0v) is 21.7. The molecule has 0 N–H and O–H groups in total. The molecule has 9 aromatic rings. The van der Waals surface area contributed by atoms with Gasteiger partial charge in [0.05, 0.1) is 43.9 Å². The van der Waals surface area contributed by atoms with Crippen LogP contribution in [0.1, 0.15) is 32.9 Å². The van der Waals surface area contributed by atoms with Gasteiger partial charge in [-0.1, -0.05) is 109 Å². The lowest BCUT2D eigenvalue weighted by Gasteiger charge is -2.09. The van der Waals surface area contributed by atoms with Gasteiger partial charge >= 0.3 is 0 Å². The fourth-order valence-corrected chi connectivity index (χ4v) is 4.80. The smallest absolute Gasteiger partial charge is 0.164 e. The number of rotatable bonds is 4. The van der Waals surface area contributed by atoms with Crippen molar-refractivity contribution in [3.05, 3.63) is 145 Å². The van der Waals surface area contributed by atoms with Crippen LogP contribution in [0.25, 0.3) is 83.6 Å². The van der Waals surface area contributed by atoms with Gasteiger partial charge in [-0.3, -0.25) is 0 Å². The van der Waals surface area contributed by atoms with Crippen molar-refractivity contribution in [1.29, 1.82) is 0 Å². The van der Waals surface area contributed by atoms with Gasteiger partial charge in [-0.25, -0.2) is 15.0 Å². The molecule has 44 heavy (non-hydrogen) atoms. The van der Waals surface area contributed by atoms with Crippen molar-refractivity contribution in [2.24, 2.45) is 0 Å². The average molecular weight is 589 g/mol. The van der Waals surface area contributed by atoms with Gasteiger partial charge in [0.2, 0.25) is 0 Å². The lowest BCUT2D eigenvalue weighted by atomic mass is 10.0. The minimum Gasteiger partial charge on any atom is -0.456 e. The number of aromatic nitrogens is 4. The first-order valence-corrected chi connectivity index (χ1v) is 12.7. The number of furan rings is 1. The number of hydrogen-bond donors (Lipinski definition) is 0. The summed E-state index contributed by atoms with van der Waals surface area (Å²) < 4.78 is 215. The van der Waals surface area contributed by atoms with Crippen molar-refractivity contribution in [2.75, 3.05) is 0 Å². The molecule has 5 heteroatoms. The summed E-state index contributed by atoms with van der Waals surface area (Å²) >= 11 is 0. The summed E-state index contributed by atoms with van der Waals surface area (Å²) in [6.45, 7) is 0. The normalized spacial score (nSPS) is 19.3. The third kappa shape index (κ3) is 3.83. The molecule has 206 valence electrons. The first kappa shape index (κ1) is 10.6. The highest BCUT2D eigenvalue weighted by molar-refractivity contribution is 6.13. The van der Waals surface area contributed by atoms with E-state index >= 15 is 0 Å². The van der Waals surface area contributed by atoms with Gasteiger partial charge in [0, 0.05) is 50.0 Å². The van der Waals surface area contributed by atoms with Crippen LogP contribution in [0.15, 0.2) is 149 Å². The Kier molecular flexibility index (Phi) is 2.34. The Hall–Kier alpha value is -6.07. The summed E-state index contributed by atoms with van der Waals surface area (Å²) in [4.78, 5) is 12.9. The van der Waals surface area contributed by atoms with E-state index in [1.54, 1.807) is 0 Å². The molecule has 0 atom stereocenters. The highest BCUT2D eigenvalue weighted by Crippen LogP contribution is 2.39. The molecule has 0 aliphatic carbocycles. The summed E-state index contributed by atoms with van der Waals surface area (Å²) in [5.41, 5.74) is -4.93. The number of para-hydroxylation sites is 2. The Bertz CT molecular complexity index is 3640. The van der Waals surface area contributed by atoms with E-state index in [9.17, 15) is 5.48 Å². The summed E-state index contributed by atoms with van der Waals surface area (Å²) in [6.07, 6.45) is 0. The van der Waals surface area contributed by atoms with Crippen molar-refractivity contribution in [3.8, 4) is 39.9 Å². The van der Waals surface area contributed by atoms with Crippen molar-refractivity contribution in [1.82, 2.24) is 19.5 Å². The molecule has 0 fully saturated rings. The molecule has 0 saturated heterocycles. The van der Waals surface area contributed by atoms with Gasteiger partial charge in [-0.05, 0) is 30.2 Å². The van der Waals surface area contributed by atoms with Gasteiger partial charge in [-0.2, -0.15) is 0 Å².